The van der Waals surface area contributed by atoms with Gasteiger partial charge in [0.2, 0.25) is 5.91 Å². The Hall–Kier alpha value is -2.54. The number of hydrogen-bond donors (Lipinski definition) is 1. The quantitative estimate of drug-likeness (QED) is 0.416. The maximum Gasteiger partial charge on any atom is 0.264 e. The third-order valence-corrected chi connectivity index (χ3v) is 7.42. The van der Waals surface area contributed by atoms with Crippen molar-refractivity contribution in [1.29, 1.82) is 0 Å². The standard InChI is InChI=1S/C24H24Cl2N2O3S/c1-18-9-11-19(12-10-18)6-5-15-27-24(29)17-28(20-13-14-22(25)23(26)16-20)32(30,31)21-7-3-2-4-8-21/h2-4,7-14,16H,5-6,15,17H2,1H3,(H,27,29). The van der Waals surface area contributed by atoms with Gasteiger partial charge in [0.1, 0.15) is 6.54 Å². The first-order chi connectivity index (χ1) is 15.3. The molecule has 0 heterocycles. The molecule has 0 saturated heterocycles. The first-order valence-corrected chi connectivity index (χ1v) is 12.3. The van der Waals surface area contributed by atoms with Crippen molar-refractivity contribution in [2.45, 2.75) is 24.7 Å². The van der Waals surface area contributed by atoms with Crippen LogP contribution in [0.3, 0.4) is 0 Å². The van der Waals surface area contributed by atoms with Gasteiger partial charge in [0.25, 0.3) is 10.0 Å². The van der Waals surface area contributed by atoms with Gasteiger partial charge in [0, 0.05) is 6.54 Å². The average Bonchev–Trinajstić information content (AvgIpc) is 2.79. The Labute approximate surface area is 199 Å². The molecule has 3 aromatic carbocycles. The molecule has 0 aliphatic heterocycles. The van der Waals surface area contributed by atoms with Crippen LogP contribution in [0.25, 0.3) is 0 Å². The summed E-state index contributed by atoms with van der Waals surface area (Å²) in [6, 6.07) is 20.7. The van der Waals surface area contributed by atoms with Crippen molar-refractivity contribution in [3.8, 4) is 0 Å². The van der Waals surface area contributed by atoms with Gasteiger partial charge in [-0.05, 0) is 55.7 Å². The van der Waals surface area contributed by atoms with E-state index in [1.54, 1.807) is 18.2 Å². The maximum atomic E-state index is 13.3. The number of amides is 1. The minimum absolute atomic E-state index is 0.0817. The lowest BCUT2D eigenvalue weighted by Crippen LogP contribution is -2.41. The second-order valence-corrected chi connectivity index (χ2v) is 10.0. The van der Waals surface area contributed by atoms with Gasteiger partial charge in [-0.15, -0.1) is 0 Å². The van der Waals surface area contributed by atoms with E-state index in [1.165, 1.54) is 41.5 Å². The molecule has 32 heavy (non-hydrogen) atoms. The molecule has 1 N–H and O–H groups in total. The predicted octanol–water partition coefficient (Wildman–Crippen LogP) is 5.25. The molecular formula is C24H24Cl2N2O3S. The van der Waals surface area contributed by atoms with Gasteiger partial charge < -0.3 is 5.32 Å². The highest BCUT2D eigenvalue weighted by Gasteiger charge is 2.27. The molecule has 8 heteroatoms. The number of carbonyl (C=O) groups is 1. The number of rotatable bonds is 9. The second kappa shape index (κ2) is 10.9. The molecule has 168 valence electrons. The van der Waals surface area contributed by atoms with Crippen molar-refractivity contribution < 1.29 is 13.2 Å². The average molecular weight is 491 g/mol. The van der Waals surface area contributed by atoms with Gasteiger partial charge in [0.05, 0.1) is 20.6 Å². The lowest BCUT2D eigenvalue weighted by molar-refractivity contribution is -0.119. The zero-order valence-electron chi connectivity index (χ0n) is 17.6. The zero-order chi connectivity index (χ0) is 23.1. The van der Waals surface area contributed by atoms with E-state index in [9.17, 15) is 13.2 Å². The normalized spacial score (nSPS) is 11.2. The largest absolute Gasteiger partial charge is 0.355 e. The van der Waals surface area contributed by atoms with E-state index < -0.39 is 15.9 Å². The van der Waals surface area contributed by atoms with Crippen molar-refractivity contribution in [1.82, 2.24) is 5.32 Å². The highest BCUT2D eigenvalue weighted by atomic mass is 35.5. The molecular weight excluding hydrogens is 467 g/mol. The van der Waals surface area contributed by atoms with Crippen molar-refractivity contribution in [3.63, 3.8) is 0 Å². The van der Waals surface area contributed by atoms with Crippen LogP contribution in [0.4, 0.5) is 5.69 Å². The van der Waals surface area contributed by atoms with E-state index in [1.807, 2.05) is 6.92 Å². The number of halogens is 2. The maximum absolute atomic E-state index is 13.3. The fraction of sp³-hybridized carbons (Fsp3) is 0.208. The molecule has 5 nitrogen and oxygen atoms in total. The van der Waals surface area contributed by atoms with Crippen LogP contribution in [0.5, 0.6) is 0 Å². The van der Waals surface area contributed by atoms with E-state index in [0.29, 0.717) is 11.6 Å². The molecule has 0 unspecified atom stereocenters. The number of carbonyl (C=O) groups excluding carboxylic acids is 1. The lowest BCUT2D eigenvalue weighted by Gasteiger charge is -2.24. The van der Waals surface area contributed by atoms with Crippen LogP contribution in [0.1, 0.15) is 17.5 Å². The first kappa shape index (κ1) is 24.1. The predicted molar refractivity (Wildman–Crippen MR) is 130 cm³/mol. The summed E-state index contributed by atoms with van der Waals surface area (Å²) in [5.41, 5.74) is 2.65. The summed E-state index contributed by atoms with van der Waals surface area (Å²) >= 11 is 12.1. The Morgan fingerprint density at radius 1 is 0.938 bits per heavy atom. The zero-order valence-corrected chi connectivity index (χ0v) is 19.9. The fourth-order valence-electron chi connectivity index (χ4n) is 3.14. The summed E-state index contributed by atoms with van der Waals surface area (Å²) in [6.07, 6.45) is 1.56. The topological polar surface area (TPSA) is 66.5 Å². The summed E-state index contributed by atoms with van der Waals surface area (Å²) in [5, 5.41) is 3.31. The van der Waals surface area contributed by atoms with Crippen LogP contribution in [-0.4, -0.2) is 27.4 Å². The number of anilines is 1. The monoisotopic (exact) mass is 490 g/mol. The molecule has 0 bridgehead atoms. The van der Waals surface area contributed by atoms with Gasteiger partial charge in [-0.3, -0.25) is 9.10 Å². The Morgan fingerprint density at radius 3 is 2.28 bits per heavy atom. The molecule has 0 aliphatic rings. The van der Waals surface area contributed by atoms with E-state index >= 15 is 0 Å². The van der Waals surface area contributed by atoms with Crippen molar-refractivity contribution in [3.05, 3.63) is 94.0 Å². The first-order valence-electron chi connectivity index (χ1n) is 10.1. The number of nitrogens with one attached hydrogen (secondary N) is 1. The smallest absolute Gasteiger partial charge is 0.264 e. The van der Waals surface area contributed by atoms with E-state index in [4.69, 9.17) is 23.2 Å². The number of sulfonamides is 1. The van der Waals surface area contributed by atoms with E-state index in [2.05, 4.69) is 29.6 Å². The molecule has 0 fully saturated rings. The minimum Gasteiger partial charge on any atom is -0.355 e. The molecule has 0 aliphatic carbocycles. The molecule has 3 aromatic rings. The molecule has 1 amide bonds. The summed E-state index contributed by atoms with van der Waals surface area (Å²) < 4.78 is 27.6. The lowest BCUT2D eigenvalue weighted by atomic mass is 10.1. The molecule has 0 atom stereocenters. The SMILES string of the molecule is Cc1ccc(CCCNC(=O)CN(c2ccc(Cl)c(Cl)c2)S(=O)(=O)c2ccccc2)cc1. The molecule has 0 saturated carbocycles. The van der Waals surface area contributed by atoms with Crippen LogP contribution in [-0.2, 0) is 21.2 Å². The van der Waals surface area contributed by atoms with Crippen molar-refractivity contribution in [2.75, 3.05) is 17.4 Å². The Balaban J connectivity index is 1.71. The van der Waals surface area contributed by atoms with Crippen LogP contribution in [0.2, 0.25) is 10.0 Å². The molecule has 3 rings (SSSR count). The number of hydrogen-bond acceptors (Lipinski definition) is 3. The van der Waals surface area contributed by atoms with E-state index in [0.717, 1.165) is 17.1 Å². The highest BCUT2D eigenvalue weighted by molar-refractivity contribution is 7.92. The summed E-state index contributed by atoms with van der Waals surface area (Å²) in [5.74, 6) is -0.403. The fourth-order valence-corrected chi connectivity index (χ4v) is 4.86. The summed E-state index contributed by atoms with van der Waals surface area (Å²) in [4.78, 5) is 12.7. The molecule has 0 spiro atoms. The third kappa shape index (κ3) is 6.25. The highest BCUT2D eigenvalue weighted by Crippen LogP contribution is 2.30. The number of benzene rings is 3. The van der Waals surface area contributed by atoms with Gasteiger partial charge in [-0.25, -0.2) is 8.42 Å². The Kier molecular flexibility index (Phi) is 8.18. The van der Waals surface area contributed by atoms with Gasteiger partial charge in [-0.1, -0.05) is 71.2 Å². The molecule has 0 radical (unpaired) electrons. The van der Waals surface area contributed by atoms with Crippen LogP contribution in [0.15, 0.2) is 77.7 Å². The van der Waals surface area contributed by atoms with Crippen molar-refractivity contribution >= 4 is 44.8 Å². The number of aryl methyl sites for hydroxylation is 2. The van der Waals surface area contributed by atoms with Gasteiger partial charge >= 0.3 is 0 Å². The number of nitrogens with zero attached hydrogens (tertiary/aromatic N) is 1. The van der Waals surface area contributed by atoms with Crippen LogP contribution < -0.4 is 9.62 Å². The van der Waals surface area contributed by atoms with Crippen LogP contribution >= 0.6 is 23.2 Å². The van der Waals surface area contributed by atoms with Crippen LogP contribution in [0, 0.1) is 6.92 Å². The summed E-state index contributed by atoms with van der Waals surface area (Å²) in [6.45, 7) is 2.10. The van der Waals surface area contributed by atoms with Gasteiger partial charge in [-0.2, -0.15) is 0 Å². The Morgan fingerprint density at radius 2 is 1.62 bits per heavy atom. The minimum atomic E-state index is -3.99. The third-order valence-electron chi connectivity index (χ3n) is 4.89. The molecule has 0 aromatic heterocycles. The van der Waals surface area contributed by atoms with Crippen molar-refractivity contribution in [2.24, 2.45) is 0 Å². The van der Waals surface area contributed by atoms with E-state index in [-0.39, 0.29) is 22.2 Å². The Bertz CT molecular complexity index is 1170. The second-order valence-electron chi connectivity index (χ2n) is 7.36. The summed E-state index contributed by atoms with van der Waals surface area (Å²) in [7, 11) is -3.99. The van der Waals surface area contributed by atoms with Gasteiger partial charge in [0.15, 0.2) is 0 Å².